The van der Waals surface area contributed by atoms with Crippen LogP contribution < -0.4 is 10.4 Å². The number of nitro benzene ring substituents is 1. The van der Waals surface area contributed by atoms with Crippen molar-refractivity contribution in [1.82, 2.24) is 0 Å². The molecule has 0 fully saturated rings. The van der Waals surface area contributed by atoms with E-state index in [0.717, 1.165) is 17.1 Å². The largest absolute Gasteiger partial charge is 0.460 e. The van der Waals surface area contributed by atoms with Gasteiger partial charge in [0, 0.05) is 35.8 Å². The first-order valence-corrected chi connectivity index (χ1v) is 15.6. The van der Waals surface area contributed by atoms with Crippen molar-refractivity contribution in [2.75, 3.05) is 50.0 Å². The number of nitro groups is 1. The van der Waals surface area contributed by atoms with Gasteiger partial charge in [0.15, 0.2) is 5.71 Å². The summed E-state index contributed by atoms with van der Waals surface area (Å²) in [6.07, 6.45) is 0.602. The van der Waals surface area contributed by atoms with Crippen molar-refractivity contribution in [2.45, 2.75) is 11.3 Å². The first-order valence-electron chi connectivity index (χ1n) is 14.1. The van der Waals surface area contributed by atoms with Gasteiger partial charge < -0.3 is 14.2 Å². The van der Waals surface area contributed by atoms with Gasteiger partial charge in [-0.05, 0) is 72.6 Å². The van der Waals surface area contributed by atoms with E-state index in [9.17, 15) is 32.7 Å². The van der Waals surface area contributed by atoms with Crippen molar-refractivity contribution in [3.05, 3.63) is 104 Å². The fraction of sp³-hybridized carbons (Fsp3) is 0.241. The zero-order valence-electron chi connectivity index (χ0n) is 25.0. The minimum absolute atomic E-state index is 0.00364. The molecule has 48 heavy (non-hydrogen) atoms. The second kappa shape index (κ2) is 16.7. The number of hydrogen-bond acceptors (Lipinski definition) is 13. The van der Waals surface area contributed by atoms with Gasteiger partial charge in [0.05, 0.1) is 46.6 Å². The number of amides is 1. The number of hydrazone groups is 2. The molecule has 1 heterocycles. The Labute approximate surface area is 273 Å². The molecule has 0 aliphatic carbocycles. The number of hydrogen-bond donors (Lipinski definition) is 2. The SMILES string of the molecule is [N-]=[N+]=NCCCOCCOCCOC(=O)c1ccc(N2N=C(c3ccc([N+](=O)[O-])cc3)/C(=N/Nc3ccc(S(=O)(=O)O)cc3)C2=O)cc1. The fourth-order valence-electron chi connectivity index (χ4n) is 4.05. The highest BCUT2D eigenvalue weighted by Gasteiger charge is 2.34. The molecule has 0 aromatic heterocycles. The van der Waals surface area contributed by atoms with Crippen LogP contribution in [0, 0.1) is 10.1 Å². The monoisotopic (exact) mass is 680 g/mol. The molecule has 2 N–H and O–H groups in total. The van der Waals surface area contributed by atoms with Gasteiger partial charge in [0.1, 0.15) is 12.3 Å². The smallest absolute Gasteiger partial charge is 0.338 e. The molecule has 0 spiro atoms. The molecule has 18 nitrogen and oxygen atoms in total. The van der Waals surface area contributed by atoms with Crippen LogP contribution >= 0.6 is 0 Å². The van der Waals surface area contributed by atoms with E-state index in [0.29, 0.717) is 38.3 Å². The van der Waals surface area contributed by atoms with Crippen LogP contribution in [0.25, 0.3) is 10.4 Å². The quantitative estimate of drug-likeness (QED) is 0.0302. The number of nitrogens with one attached hydrogen (secondary N) is 1. The molecule has 3 aromatic carbocycles. The molecule has 0 saturated carbocycles. The van der Waals surface area contributed by atoms with E-state index in [4.69, 9.17) is 19.7 Å². The predicted octanol–water partition coefficient (Wildman–Crippen LogP) is 3.95. The summed E-state index contributed by atoms with van der Waals surface area (Å²) in [5, 5.41) is 24.1. The number of carbonyl (C=O) groups is 2. The summed E-state index contributed by atoms with van der Waals surface area (Å²) in [6.45, 7) is 1.56. The fourth-order valence-corrected chi connectivity index (χ4v) is 4.53. The molecule has 1 aliphatic rings. The second-order valence-electron chi connectivity index (χ2n) is 9.66. The standard InChI is InChI=1S/C29H28N8O10S/c30-35-31-14-1-15-45-16-17-46-18-19-47-29(39)21-4-8-23(9-5-21)36-28(38)27(26(34-36)20-2-10-24(11-3-20)37(40)41)33-32-22-6-12-25(13-7-22)48(42,43)44/h2-13,32H,1,14-19H2,(H,42,43,44)/b33-27-. The van der Waals surface area contributed by atoms with Gasteiger partial charge in [-0.25, -0.2) is 4.79 Å². The Morgan fingerprint density at radius 3 is 2.25 bits per heavy atom. The van der Waals surface area contributed by atoms with Crippen molar-refractivity contribution in [2.24, 2.45) is 15.3 Å². The molecule has 0 bridgehead atoms. The van der Waals surface area contributed by atoms with Crippen LogP contribution in [0.2, 0.25) is 0 Å². The van der Waals surface area contributed by atoms with Gasteiger partial charge in [0.25, 0.3) is 15.8 Å². The molecule has 0 saturated heterocycles. The third kappa shape index (κ3) is 9.64. The zero-order valence-corrected chi connectivity index (χ0v) is 25.9. The maximum atomic E-state index is 13.5. The topological polar surface area (TPSA) is 248 Å². The molecule has 19 heteroatoms. The molecule has 3 aromatic rings. The minimum Gasteiger partial charge on any atom is -0.460 e. The lowest BCUT2D eigenvalue weighted by molar-refractivity contribution is -0.384. The maximum Gasteiger partial charge on any atom is 0.338 e. The number of non-ortho nitro benzene ring substituents is 1. The summed E-state index contributed by atoms with van der Waals surface area (Å²) < 4.78 is 47.8. The Morgan fingerprint density at radius 2 is 1.62 bits per heavy atom. The van der Waals surface area contributed by atoms with Crippen LogP contribution in [0.15, 0.2) is 93.0 Å². The number of azide groups is 1. The Kier molecular flexibility index (Phi) is 12.2. The van der Waals surface area contributed by atoms with E-state index in [1.165, 1.54) is 60.7 Å². The summed E-state index contributed by atoms with van der Waals surface area (Å²) in [7, 11) is -4.41. The normalized spacial score (nSPS) is 13.6. The van der Waals surface area contributed by atoms with E-state index >= 15 is 0 Å². The summed E-state index contributed by atoms with van der Waals surface area (Å²) in [5.41, 5.74) is 11.7. The highest BCUT2D eigenvalue weighted by molar-refractivity contribution is 7.85. The molecular weight excluding hydrogens is 652 g/mol. The lowest BCUT2D eigenvalue weighted by atomic mass is 10.1. The Morgan fingerprint density at radius 1 is 0.979 bits per heavy atom. The average molecular weight is 681 g/mol. The van der Waals surface area contributed by atoms with Crippen molar-refractivity contribution in [1.29, 1.82) is 0 Å². The van der Waals surface area contributed by atoms with Gasteiger partial charge in [0.2, 0.25) is 0 Å². The maximum absolute atomic E-state index is 13.5. The lowest BCUT2D eigenvalue weighted by Gasteiger charge is -2.12. The molecular formula is C29H28N8O10S. The minimum atomic E-state index is -4.41. The van der Waals surface area contributed by atoms with Crippen molar-refractivity contribution >= 4 is 50.5 Å². The van der Waals surface area contributed by atoms with E-state index in [1.807, 2.05) is 0 Å². The Bertz CT molecular complexity index is 1840. The molecule has 1 aliphatic heterocycles. The molecule has 250 valence electrons. The van der Waals surface area contributed by atoms with Crippen LogP contribution in [0.1, 0.15) is 22.3 Å². The summed E-state index contributed by atoms with van der Waals surface area (Å²) in [5.74, 6) is -1.29. The van der Waals surface area contributed by atoms with E-state index in [2.05, 4.69) is 25.7 Å². The van der Waals surface area contributed by atoms with Crippen molar-refractivity contribution < 1.29 is 41.7 Å². The number of esters is 1. The number of rotatable bonds is 17. The first kappa shape index (κ1) is 35.1. The zero-order chi connectivity index (χ0) is 34.5. The molecule has 0 radical (unpaired) electrons. The molecule has 4 rings (SSSR count). The van der Waals surface area contributed by atoms with E-state index in [-0.39, 0.29) is 52.2 Å². The van der Waals surface area contributed by atoms with Gasteiger partial charge in [-0.3, -0.25) is 24.9 Å². The predicted molar refractivity (Wildman–Crippen MR) is 171 cm³/mol. The number of carbonyl (C=O) groups excluding carboxylic acids is 2. The number of ether oxygens (including phenoxy) is 3. The Hall–Kier alpha value is -5.72. The summed E-state index contributed by atoms with van der Waals surface area (Å²) in [6, 6.07) is 16.1. The van der Waals surface area contributed by atoms with E-state index in [1.54, 1.807) is 0 Å². The van der Waals surface area contributed by atoms with Gasteiger partial charge in [-0.2, -0.15) is 23.6 Å². The summed E-state index contributed by atoms with van der Waals surface area (Å²) in [4.78, 5) is 38.9. The number of anilines is 2. The third-order valence-corrected chi connectivity index (χ3v) is 7.28. The molecule has 1 amide bonds. The summed E-state index contributed by atoms with van der Waals surface area (Å²) >= 11 is 0. The number of benzene rings is 3. The van der Waals surface area contributed by atoms with Crippen molar-refractivity contribution in [3.63, 3.8) is 0 Å². The van der Waals surface area contributed by atoms with Crippen LogP contribution in [0.3, 0.4) is 0 Å². The van der Waals surface area contributed by atoms with Crippen molar-refractivity contribution in [3.8, 4) is 0 Å². The number of nitrogens with zero attached hydrogens (tertiary/aromatic N) is 7. The van der Waals surface area contributed by atoms with E-state index < -0.39 is 26.9 Å². The van der Waals surface area contributed by atoms with Gasteiger partial charge >= 0.3 is 11.9 Å². The van der Waals surface area contributed by atoms with Crippen LogP contribution in [-0.4, -0.2) is 80.8 Å². The van der Waals surface area contributed by atoms with Crippen LogP contribution in [0.5, 0.6) is 0 Å². The van der Waals surface area contributed by atoms with Crippen LogP contribution in [0.4, 0.5) is 17.1 Å². The molecule has 0 atom stereocenters. The van der Waals surface area contributed by atoms with Gasteiger partial charge in [-0.15, -0.1) is 0 Å². The Balaban J connectivity index is 1.41. The molecule has 0 unspecified atom stereocenters. The van der Waals surface area contributed by atoms with Gasteiger partial charge in [-0.1, -0.05) is 5.11 Å². The third-order valence-electron chi connectivity index (χ3n) is 6.41. The first-order chi connectivity index (χ1) is 23.1. The second-order valence-corrected chi connectivity index (χ2v) is 11.1. The highest BCUT2D eigenvalue weighted by Crippen LogP contribution is 2.24. The lowest BCUT2D eigenvalue weighted by Crippen LogP contribution is -2.28. The van der Waals surface area contributed by atoms with Crippen LogP contribution in [-0.2, 0) is 29.1 Å². The average Bonchev–Trinajstić information content (AvgIpc) is 3.41. The highest BCUT2D eigenvalue weighted by atomic mass is 32.2.